The molecule has 4 atom stereocenters. The van der Waals surface area contributed by atoms with Gasteiger partial charge in [0.05, 0.1) is 30.1 Å². The first kappa shape index (κ1) is 38.6. The summed E-state index contributed by atoms with van der Waals surface area (Å²) in [7, 11) is -4.35. The Morgan fingerprint density at radius 3 is 2.31 bits per heavy atom. The second-order valence-electron chi connectivity index (χ2n) is 13.5. The second kappa shape index (κ2) is 15.1. The summed E-state index contributed by atoms with van der Waals surface area (Å²) in [5, 5.41) is 5.46. The average Bonchev–Trinajstić information content (AvgIpc) is 3.70. The van der Waals surface area contributed by atoms with Crippen molar-refractivity contribution in [3.05, 3.63) is 72.0 Å². The minimum absolute atomic E-state index is 0.00201. The number of sulfone groups is 1. The van der Waals surface area contributed by atoms with Gasteiger partial charge in [-0.3, -0.25) is 9.59 Å². The smallest absolute Gasteiger partial charge is 0.496 e. The standard InChI is InChI=1S/C37H40F4N2O8S/c1-5-6-16-50-35(46)36(2,3)51-25-14-12-21(13-15-25)27-19-28(30(49-4)20-29(27)38)33(44)43-32-23-11-10-22(17-23)31(32)34(45)42-24-8-7-9-26(18-24)52(47,48)37(39,40)41/h7-9,12-15,18-20,22-23,31-32H,5-6,10-11,16-17H2,1-4H3,(H,42,45)(H,43,44)/t22-,23+,31+,32-/m1/s1. The number of rotatable bonds is 13. The molecule has 2 amide bonds. The quantitative estimate of drug-likeness (QED) is 0.108. The van der Waals surface area contributed by atoms with Crippen LogP contribution in [-0.4, -0.2) is 57.1 Å². The summed E-state index contributed by atoms with van der Waals surface area (Å²) in [6, 6.07) is 11.9. The van der Waals surface area contributed by atoms with Gasteiger partial charge in [0.2, 0.25) is 5.91 Å². The number of methoxy groups -OCH3 is 1. The van der Waals surface area contributed by atoms with Crippen molar-refractivity contribution >= 4 is 33.3 Å². The van der Waals surface area contributed by atoms with E-state index >= 15 is 4.39 Å². The molecule has 280 valence electrons. The molecule has 2 aliphatic carbocycles. The molecule has 0 radical (unpaired) electrons. The molecule has 2 saturated carbocycles. The number of esters is 1. The molecule has 52 heavy (non-hydrogen) atoms. The Bertz CT molecular complexity index is 1930. The molecular weight excluding hydrogens is 708 g/mol. The van der Waals surface area contributed by atoms with Gasteiger partial charge in [-0.2, -0.15) is 13.2 Å². The molecule has 0 aliphatic heterocycles. The zero-order valence-electron chi connectivity index (χ0n) is 29.0. The van der Waals surface area contributed by atoms with Crippen molar-refractivity contribution in [2.24, 2.45) is 17.8 Å². The summed E-state index contributed by atoms with van der Waals surface area (Å²) in [6.07, 6.45) is 3.64. The Labute approximate surface area is 299 Å². The van der Waals surface area contributed by atoms with Gasteiger partial charge < -0.3 is 24.8 Å². The van der Waals surface area contributed by atoms with E-state index in [1.807, 2.05) is 6.92 Å². The van der Waals surface area contributed by atoms with E-state index in [1.54, 1.807) is 38.1 Å². The number of hydrogen-bond acceptors (Lipinski definition) is 8. The molecule has 5 rings (SSSR count). The van der Waals surface area contributed by atoms with Crippen LogP contribution < -0.4 is 20.1 Å². The van der Waals surface area contributed by atoms with E-state index in [1.165, 1.54) is 19.2 Å². The van der Waals surface area contributed by atoms with Crippen LogP contribution in [0.1, 0.15) is 63.2 Å². The maximum atomic E-state index is 15.4. The fourth-order valence-electron chi connectivity index (χ4n) is 6.85. The number of carbonyl (C=O) groups excluding carboxylic acids is 3. The van der Waals surface area contributed by atoms with Crippen molar-refractivity contribution in [3.8, 4) is 22.6 Å². The van der Waals surface area contributed by atoms with Gasteiger partial charge in [-0.05, 0) is 93.3 Å². The third-order valence-electron chi connectivity index (χ3n) is 9.53. The molecule has 2 bridgehead atoms. The van der Waals surface area contributed by atoms with E-state index in [0.29, 0.717) is 24.2 Å². The molecule has 0 saturated heterocycles. The van der Waals surface area contributed by atoms with Gasteiger partial charge in [0.1, 0.15) is 17.3 Å². The normalized spacial score (nSPS) is 19.9. The van der Waals surface area contributed by atoms with Crippen molar-refractivity contribution in [2.75, 3.05) is 19.0 Å². The van der Waals surface area contributed by atoms with E-state index in [4.69, 9.17) is 14.2 Å². The van der Waals surface area contributed by atoms with Crippen LogP contribution in [-0.2, 0) is 24.2 Å². The number of benzene rings is 3. The lowest BCUT2D eigenvalue weighted by Crippen LogP contribution is -2.48. The summed E-state index contributed by atoms with van der Waals surface area (Å²) in [6.45, 7) is 5.42. The van der Waals surface area contributed by atoms with E-state index in [9.17, 15) is 36.0 Å². The fraction of sp³-hybridized carbons (Fsp3) is 0.432. The highest BCUT2D eigenvalue weighted by Gasteiger charge is 2.52. The second-order valence-corrected chi connectivity index (χ2v) is 15.4. The molecule has 10 nitrogen and oxygen atoms in total. The van der Waals surface area contributed by atoms with Crippen LogP contribution in [0.15, 0.2) is 65.6 Å². The third kappa shape index (κ3) is 8.03. The Balaban J connectivity index is 1.33. The van der Waals surface area contributed by atoms with Crippen molar-refractivity contribution in [3.63, 3.8) is 0 Å². The van der Waals surface area contributed by atoms with Crippen LogP contribution in [0, 0.1) is 23.6 Å². The third-order valence-corrected chi connectivity index (χ3v) is 11.0. The highest BCUT2D eigenvalue weighted by atomic mass is 32.2. The molecule has 3 aromatic carbocycles. The Kier molecular flexibility index (Phi) is 11.2. The summed E-state index contributed by atoms with van der Waals surface area (Å²) < 4.78 is 95.2. The summed E-state index contributed by atoms with van der Waals surface area (Å²) in [5.41, 5.74) is -6.46. The SMILES string of the molecule is CCCCOC(=O)C(C)(C)Oc1ccc(-c2cc(C(=O)N[C@@H]3[C@H]4CC[C@H](C4)[C@@H]3C(=O)Nc3cccc(S(=O)(=O)C(F)(F)F)c3)c(OC)cc2F)cc1. The average molecular weight is 749 g/mol. The summed E-state index contributed by atoms with van der Waals surface area (Å²) in [4.78, 5) is 38.9. The lowest BCUT2D eigenvalue weighted by atomic mass is 9.83. The number of fused-ring (bicyclic) bond motifs is 2. The van der Waals surface area contributed by atoms with Gasteiger partial charge in [-0.1, -0.05) is 31.5 Å². The Morgan fingerprint density at radius 1 is 0.962 bits per heavy atom. The molecule has 0 spiro atoms. The zero-order valence-corrected chi connectivity index (χ0v) is 29.8. The number of ether oxygens (including phenoxy) is 3. The topological polar surface area (TPSA) is 137 Å². The van der Waals surface area contributed by atoms with E-state index in [0.717, 1.165) is 43.5 Å². The fourth-order valence-corrected chi connectivity index (χ4v) is 7.66. The van der Waals surface area contributed by atoms with Crippen molar-refractivity contribution in [1.82, 2.24) is 5.32 Å². The minimum atomic E-state index is -5.64. The van der Waals surface area contributed by atoms with Crippen LogP contribution in [0.2, 0.25) is 0 Å². The molecule has 15 heteroatoms. The van der Waals surface area contributed by atoms with Crippen molar-refractivity contribution in [2.45, 2.75) is 74.9 Å². The molecule has 3 aromatic rings. The highest BCUT2D eigenvalue weighted by Crippen LogP contribution is 2.49. The zero-order chi connectivity index (χ0) is 38.0. The first-order valence-electron chi connectivity index (χ1n) is 16.8. The number of halogens is 4. The van der Waals surface area contributed by atoms with E-state index in [2.05, 4.69) is 10.6 Å². The Morgan fingerprint density at radius 2 is 1.65 bits per heavy atom. The van der Waals surface area contributed by atoms with Gasteiger partial charge >= 0.3 is 11.5 Å². The largest absolute Gasteiger partial charge is 0.501 e. The van der Waals surface area contributed by atoms with Crippen LogP contribution in [0.3, 0.4) is 0 Å². The van der Waals surface area contributed by atoms with Gasteiger partial charge in [0, 0.05) is 23.4 Å². The predicted octanol–water partition coefficient (Wildman–Crippen LogP) is 7.08. The molecule has 2 aliphatic rings. The molecule has 0 heterocycles. The number of unbranched alkanes of at least 4 members (excludes halogenated alkanes) is 1. The van der Waals surface area contributed by atoms with Crippen LogP contribution in [0.25, 0.3) is 11.1 Å². The van der Waals surface area contributed by atoms with Crippen molar-refractivity contribution in [1.29, 1.82) is 0 Å². The van der Waals surface area contributed by atoms with Gasteiger partial charge in [0.15, 0.2) is 5.60 Å². The maximum Gasteiger partial charge on any atom is 0.501 e. The minimum Gasteiger partial charge on any atom is -0.496 e. The first-order valence-corrected chi connectivity index (χ1v) is 18.3. The van der Waals surface area contributed by atoms with Gasteiger partial charge in [-0.25, -0.2) is 17.6 Å². The summed E-state index contributed by atoms with van der Waals surface area (Å²) in [5.74, 6) is -3.09. The first-order chi connectivity index (χ1) is 24.5. The van der Waals surface area contributed by atoms with Gasteiger partial charge in [-0.15, -0.1) is 0 Å². The molecule has 0 unspecified atom stereocenters. The molecular formula is C37H40F4N2O8S. The lowest BCUT2D eigenvalue weighted by Gasteiger charge is -2.31. The van der Waals surface area contributed by atoms with Crippen LogP contribution >= 0.6 is 0 Å². The number of amides is 2. The highest BCUT2D eigenvalue weighted by molar-refractivity contribution is 7.92. The maximum absolute atomic E-state index is 15.4. The number of alkyl halides is 3. The van der Waals surface area contributed by atoms with Gasteiger partial charge in [0.25, 0.3) is 15.7 Å². The van der Waals surface area contributed by atoms with E-state index in [-0.39, 0.29) is 41.0 Å². The summed E-state index contributed by atoms with van der Waals surface area (Å²) >= 11 is 0. The predicted molar refractivity (Wildman–Crippen MR) is 183 cm³/mol. The van der Waals surface area contributed by atoms with Crippen LogP contribution in [0.5, 0.6) is 11.5 Å². The molecule has 2 fully saturated rings. The lowest BCUT2D eigenvalue weighted by molar-refractivity contribution is -0.159. The molecule has 0 aromatic heterocycles. The van der Waals surface area contributed by atoms with E-state index < -0.39 is 61.4 Å². The molecule has 2 N–H and O–H groups in total. The monoisotopic (exact) mass is 748 g/mol. The Hall–Kier alpha value is -4.66. The number of hydrogen-bond donors (Lipinski definition) is 2. The van der Waals surface area contributed by atoms with Crippen LogP contribution in [0.4, 0.5) is 23.2 Å². The number of nitrogens with one attached hydrogen (secondary N) is 2. The number of carbonyl (C=O) groups is 3. The number of anilines is 1. The van der Waals surface area contributed by atoms with Crippen molar-refractivity contribution < 1.29 is 54.6 Å².